The molecule has 7 nitrogen and oxygen atoms in total. The van der Waals surface area contributed by atoms with E-state index in [0.717, 1.165) is 5.56 Å². The molecule has 0 heterocycles. The first-order chi connectivity index (χ1) is 9.94. The predicted molar refractivity (Wildman–Crippen MR) is 74.9 cm³/mol. The van der Waals surface area contributed by atoms with Gasteiger partial charge in [0.05, 0.1) is 14.2 Å². The summed E-state index contributed by atoms with van der Waals surface area (Å²) in [6, 6.07) is 1.86. The molecule has 1 aromatic rings. The Kier molecular flexibility index (Phi) is 5.98. The van der Waals surface area contributed by atoms with Gasteiger partial charge in [-0.2, -0.15) is 0 Å². The van der Waals surface area contributed by atoms with Crippen LogP contribution in [0.1, 0.15) is 22.3 Å². The quantitative estimate of drug-likeness (QED) is 0.680. The van der Waals surface area contributed by atoms with Crippen LogP contribution >= 0.6 is 0 Å². The van der Waals surface area contributed by atoms with Gasteiger partial charge in [-0.25, -0.2) is 4.79 Å². The molecule has 0 aliphatic heterocycles. The largest absolute Gasteiger partial charge is 0.496 e. The van der Waals surface area contributed by atoms with Gasteiger partial charge < -0.3 is 25.0 Å². The zero-order valence-corrected chi connectivity index (χ0v) is 12.2. The first kappa shape index (κ1) is 16.8. The summed E-state index contributed by atoms with van der Waals surface area (Å²) in [7, 11) is 2.94. The van der Waals surface area contributed by atoms with Crippen LogP contribution in [0.2, 0.25) is 0 Å². The zero-order valence-electron chi connectivity index (χ0n) is 12.2. The second-order valence-electron chi connectivity index (χ2n) is 4.38. The number of aliphatic hydroxyl groups is 1. The molecule has 0 saturated carbocycles. The van der Waals surface area contributed by atoms with E-state index in [1.54, 1.807) is 6.92 Å². The Bertz CT molecular complexity index is 503. The minimum Gasteiger partial charge on any atom is -0.496 e. The van der Waals surface area contributed by atoms with Crippen LogP contribution in [0.4, 0.5) is 0 Å². The van der Waals surface area contributed by atoms with Gasteiger partial charge >= 0.3 is 5.97 Å². The van der Waals surface area contributed by atoms with Gasteiger partial charge in [0.15, 0.2) is 0 Å². The Morgan fingerprint density at radius 2 is 1.76 bits per heavy atom. The van der Waals surface area contributed by atoms with Crippen LogP contribution in [0.3, 0.4) is 0 Å². The molecule has 0 spiro atoms. The summed E-state index contributed by atoms with van der Waals surface area (Å²) in [6.07, 6.45) is -0.0682. The molecule has 1 aromatic carbocycles. The van der Waals surface area contributed by atoms with Gasteiger partial charge in [0.1, 0.15) is 17.5 Å². The van der Waals surface area contributed by atoms with Crippen molar-refractivity contribution >= 4 is 11.9 Å². The molecule has 0 fully saturated rings. The van der Waals surface area contributed by atoms with Crippen molar-refractivity contribution in [3.63, 3.8) is 0 Å². The van der Waals surface area contributed by atoms with Crippen molar-refractivity contribution in [3.05, 3.63) is 23.3 Å². The van der Waals surface area contributed by atoms with Crippen molar-refractivity contribution in [2.75, 3.05) is 20.8 Å². The molecule has 0 aliphatic rings. The number of hydrogen-bond donors (Lipinski definition) is 3. The molecule has 3 N–H and O–H groups in total. The summed E-state index contributed by atoms with van der Waals surface area (Å²) in [5.74, 6) is -0.849. The number of hydrogen-bond acceptors (Lipinski definition) is 5. The Hall–Kier alpha value is -2.28. The van der Waals surface area contributed by atoms with E-state index in [4.69, 9.17) is 19.7 Å². The predicted octanol–water partition coefficient (Wildman–Crippen LogP) is 0.578. The topological polar surface area (TPSA) is 105 Å². The van der Waals surface area contributed by atoms with Crippen LogP contribution in [-0.4, -0.2) is 49.0 Å². The van der Waals surface area contributed by atoms with Gasteiger partial charge in [-0.1, -0.05) is 0 Å². The van der Waals surface area contributed by atoms with Crippen LogP contribution in [0.5, 0.6) is 11.5 Å². The molecule has 116 valence electrons. The number of rotatable bonds is 7. The van der Waals surface area contributed by atoms with E-state index in [1.807, 2.05) is 0 Å². The van der Waals surface area contributed by atoms with Gasteiger partial charge in [-0.3, -0.25) is 4.79 Å². The van der Waals surface area contributed by atoms with Crippen molar-refractivity contribution < 1.29 is 29.3 Å². The van der Waals surface area contributed by atoms with Gasteiger partial charge in [0, 0.05) is 24.2 Å². The summed E-state index contributed by atoms with van der Waals surface area (Å²) in [5, 5.41) is 20.1. The third-order valence-electron chi connectivity index (χ3n) is 3.04. The smallest absolute Gasteiger partial charge is 0.326 e. The van der Waals surface area contributed by atoms with E-state index in [0.29, 0.717) is 11.5 Å². The maximum absolute atomic E-state index is 12.1. The van der Waals surface area contributed by atoms with Gasteiger partial charge in [0.2, 0.25) is 0 Å². The molecule has 1 unspecified atom stereocenters. The summed E-state index contributed by atoms with van der Waals surface area (Å²) in [5.41, 5.74) is 0.959. The highest BCUT2D eigenvalue weighted by Crippen LogP contribution is 2.29. The van der Waals surface area contributed by atoms with Crippen molar-refractivity contribution in [2.45, 2.75) is 19.4 Å². The minimum atomic E-state index is -1.21. The second-order valence-corrected chi connectivity index (χ2v) is 4.38. The number of carbonyl (C=O) groups excluding carboxylic acids is 1. The lowest BCUT2D eigenvalue weighted by atomic mass is 10.1. The van der Waals surface area contributed by atoms with E-state index >= 15 is 0 Å². The molecule has 21 heavy (non-hydrogen) atoms. The molecule has 0 aromatic heterocycles. The maximum atomic E-state index is 12.1. The number of benzene rings is 1. The highest BCUT2D eigenvalue weighted by atomic mass is 16.5. The summed E-state index contributed by atoms with van der Waals surface area (Å²) >= 11 is 0. The Labute approximate surface area is 122 Å². The van der Waals surface area contributed by atoms with Crippen LogP contribution in [0.25, 0.3) is 0 Å². The molecular formula is C14H19NO6. The molecule has 0 aliphatic carbocycles. The lowest BCUT2D eigenvalue weighted by Crippen LogP contribution is -2.41. The molecule has 1 atom stereocenters. The van der Waals surface area contributed by atoms with E-state index in [2.05, 4.69) is 5.32 Å². The highest BCUT2D eigenvalue weighted by Gasteiger charge is 2.21. The first-order valence-electron chi connectivity index (χ1n) is 6.31. The van der Waals surface area contributed by atoms with Crippen LogP contribution in [0, 0.1) is 6.92 Å². The number of carboxylic acid groups (broad SMARTS) is 1. The Morgan fingerprint density at radius 1 is 1.24 bits per heavy atom. The van der Waals surface area contributed by atoms with E-state index < -0.39 is 17.9 Å². The number of aliphatic hydroxyl groups excluding tert-OH is 1. The maximum Gasteiger partial charge on any atom is 0.326 e. The fraction of sp³-hybridized carbons (Fsp3) is 0.429. The number of ether oxygens (including phenoxy) is 2. The third-order valence-corrected chi connectivity index (χ3v) is 3.04. The molecule has 7 heteroatoms. The summed E-state index contributed by atoms with van der Waals surface area (Å²) in [4.78, 5) is 23.1. The van der Waals surface area contributed by atoms with Crippen LogP contribution in [0.15, 0.2) is 12.1 Å². The number of amides is 1. The number of nitrogens with one attached hydrogen (secondary N) is 1. The standard InChI is InChI=1S/C14H19NO6/c1-8-11(20-2)6-9(7-12(8)21-3)13(17)15-10(4-5-16)14(18)19/h6-7,10,16H,4-5H2,1-3H3,(H,15,17)(H,18,19). The van der Waals surface area contributed by atoms with E-state index in [-0.39, 0.29) is 18.6 Å². The second kappa shape index (κ2) is 7.49. The van der Waals surface area contributed by atoms with Gasteiger partial charge in [-0.05, 0) is 19.1 Å². The van der Waals surface area contributed by atoms with Crippen molar-refractivity contribution in [3.8, 4) is 11.5 Å². The van der Waals surface area contributed by atoms with Crippen LogP contribution in [-0.2, 0) is 4.79 Å². The first-order valence-corrected chi connectivity index (χ1v) is 6.31. The zero-order chi connectivity index (χ0) is 16.0. The highest BCUT2D eigenvalue weighted by molar-refractivity contribution is 5.97. The van der Waals surface area contributed by atoms with Crippen molar-refractivity contribution in [1.29, 1.82) is 0 Å². The van der Waals surface area contributed by atoms with Gasteiger partial charge in [0.25, 0.3) is 5.91 Å². The van der Waals surface area contributed by atoms with Crippen molar-refractivity contribution in [2.24, 2.45) is 0 Å². The molecule has 1 amide bonds. The molecular weight excluding hydrogens is 278 g/mol. The number of carbonyl (C=O) groups is 2. The average Bonchev–Trinajstić information content (AvgIpc) is 2.46. The summed E-state index contributed by atoms with van der Waals surface area (Å²) in [6.45, 7) is 1.45. The van der Waals surface area contributed by atoms with E-state index in [9.17, 15) is 9.59 Å². The van der Waals surface area contributed by atoms with E-state index in [1.165, 1.54) is 26.4 Å². The summed E-state index contributed by atoms with van der Waals surface area (Å²) < 4.78 is 10.3. The molecule has 0 saturated heterocycles. The fourth-order valence-corrected chi connectivity index (χ4v) is 1.85. The number of methoxy groups -OCH3 is 2. The fourth-order valence-electron chi connectivity index (χ4n) is 1.85. The lowest BCUT2D eigenvalue weighted by Gasteiger charge is -2.15. The molecule has 0 radical (unpaired) electrons. The SMILES string of the molecule is COc1cc(C(=O)NC(CCO)C(=O)O)cc(OC)c1C. The van der Waals surface area contributed by atoms with Crippen LogP contribution < -0.4 is 14.8 Å². The molecule has 0 bridgehead atoms. The monoisotopic (exact) mass is 297 g/mol. The number of aliphatic carboxylic acids is 1. The Balaban J connectivity index is 3.04. The lowest BCUT2D eigenvalue weighted by molar-refractivity contribution is -0.139. The van der Waals surface area contributed by atoms with Crippen molar-refractivity contribution in [1.82, 2.24) is 5.32 Å². The average molecular weight is 297 g/mol. The normalized spacial score (nSPS) is 11.6. The van der Waals surface area contributed by atoms with Gasteiger partial charge in [-0.15, -0.1) is 0 Å². The molecule has 1 rings (SSSR count). The Morgan fingerprint density at radius 3 is 2.14 bits per heavy atom. The third kappa shape index (κ3) is 4.09. The number of carboxylic acids is 1. The minimum absolute atomic E-state index is 0.0682.